The molecule has 0 saturated carbocycles. The Morgan fingerprint density at radius 2 is 1.83 bits per heavy atom. The van der Waals surface area contributed by atoms with Gasteiger partial charge in [0.05, 0.1) is 6.20 Å². The van der Waals surface area contributed by atoms with Crippen molar-refractivity contribution < 1.29 is 15.0 Å². The van der Waals surface area contributed by atoms with Crippen molar-refractivity contribution in [3.8, 4) is 5.75 Å². The van der Waals surface area contributed by atoms with Crippen molar-refractivity contribution in [2.45, 2.75) is 32.9 Å². The maximum Gasteiger partial charge on any atom is 0.326 e. The zero-order valence-corrected chi connectivity index (χ0v) is 13.7. The predicted molar refractivity (Wildman–Crippen MR) is 86.7 cm³/mol. The van der Waals surface area contributed by atoms with Gasteiger partial charge in [0.1, 0.15) is 6.04 Å². The molecule has 0 radical (unpaired) electrons. The zero-order valence-electron chi connectivity index (χ0n) is 13.7. The Morgan fingerprint density at radius 3 is 2.35 bits per heavy atom. The number of likely N-dealkylation sites (N-methyl/N-ethyl adjacent to an activating group) is 1. The zero-order chi connectivity index (χ0) is 17.0. The number of carbonyl (C=O) groups is 1. The van der Waals surface area contributed by atoms with Crippen LogP contribution in [-0.2, 0) is 11.3 Å². The highest BCUT2D eigenvalue weighted by molar-refractivity contribution is 5.72. The van der Waals surface area contributed by atoms with Crippen LogP contribution in [0.1, 0.15) is 32.0 Å². The molecule has 0 bridgehead atoms. The third-order valence-corrected chi connectivity index (χ3v) is 4.45. The van der Waals surface area contributed by atoms with Crippen LogP contribution in [0.5, 0.6) is 5.75 Å². The lowest BCUT2D eigenvalue weighted by atomic mass is 10.1. The normalized spacial score (nSPS) is 18.0. The van der Waals surface area contributed by atoms with Crippen molar-refractivity contribution in [1.82, 2.24) is 14.4 Å². The number of hydrogen-bond acceptors (Lipinski definition) is 5. The van der Waals surface area contributed by atoms with Gasteiger partial charge in [-0.15, -0.1) is 0 Å². The van der Waals surface area contributed by atoms with Crippen LogP contribution in [0.4, 0.5) is 0 Å². The molecule has 1 saturated heterocycles. The number of hydrogen-bond donors (Lipinski definition) is 2. The molecular weight excluding hydrogens is 298 g/mol. The topological polar surface area (TPSA) is 86.0 Å². The van der Waals surface area contributed by atoms with Crippen LogP contribution in [0, 0.1) is 0 Å². The largest absolute Gasteiger partial charge is 0.503 e. The molecule has 2 rings (SSSR count). The maximum absolute atomic E-state index is 11.8. The Bertz CT molecular complexity index is 606. The summed E-state index contributed by atoms with van der Waals surface area (Å²) in [7, 11) is 0. The van der Waals surface area contributed by atoms with E-state index in [1.165, 1.54) is 16.8 Å². The predicted octanol–water partition coefficient (Wildman–Crippen LogP) is 0.727. The molecule has 7 heteroatoms. The van der Waals surface area contributed by atoms with Gasteiger partial charge >= 0.3 is 5.97 Å². The Morgan fingerprint density at radius 1 is 1.22 bits per heavy atom. The molecule has 1 fully saturated rings. The second-order valence-electron chi connectivity index (χ2n) is 5.89. The number of aliphatic carboxylic acids is 1. The molecule has 7 nitrogen and oxygen atoms in total. The maximum atomic E-state index is 11.8. The van der Waals surface area contributed by atoms with Gasteiger partial charge in [0.15, 0.2) is 5.75 Å². The molecule has 23 heavy (non-hydrogen) atoms. The Labute approximate surface area is 135 Å². The number of piperazine rings is 1. The Balaban J connectivity index is 2.25. The molecule has 128 valence electrons. The van der Waals surface area contributed by atoms with Gasteiger partial charge in [0.25, 0.3) is 0 Å². The number of pyridine rings is 1. The number of carboxylic acids is 1. The van der Waals surface area contributed by atoms with E-state index >= 15 is 0 Å². The standard InChI is InChI=1S/C16H25N3O4/c1-3-13(16(22)23)19-11-15(21)14(20)9-12(19)10-18-7-5-17(4-2)6-8-18/h9,11,13,21H,3-8,10H2,1-2H3,(H,22,23). The van der Waals surface area contributed by atoms with E-state index in [0.29, 0.717) is 18.7 Å². The van der Waals surface area contributed by atoms with E-state index in [9.17, 15) is 19.8 Å². The first-order valence-corrected chi connectivity index (χ1v) is 8.07. The molecule has 1 aromatic heterocycles. The van der Waals surface area contributed by atoms with Crippen molar-refractivity contribution in [1.29, 1.82) is 0 Å². The molecule has 0 aromatic carbocycles. The van der Waals surface area contributed by atoms with Crippen LogP contribution in [0.15, 0.2) is 17.1 Å². The summed E-state index contributed by atoms with van der Waals surface area (Å²) in [6.07, 6.45) is 1.64. The number of nitrogens with zero attached hydrogens (tertiary/aromatic N) is 3. The first-order chi connectivity index (χ1) is 11.0. The van der Waals surface area contributed by atoms with Crippen LogP contribution >= 0.6 is 0 Å². The lowest BCUT2D eigenvalue weighted by molar-refractivity contribution is -0.141. The molecule has 0 aliphatic carbocycles. The third kappa shape index (κ3) is 4.11. The summed E-state index contributed by atoms with van der Waals surface area (Å²) in [5, 5.41) is 19.1. The average Bonchev–Trinajstić information content (AvgIpc) is 2.53. The molecular formula is C16H25N3O4. The van der Waals surface area contributed by atoms with Crippen LogP contribution in [0.2, 0.25) is 0 Å². The summed E-state index contributed by atoms with van der Waals surface area (Å²) in [6.45, 7) is 9.14. The molecule has 2 heterocycles. The minimum Gasteiger partial charge on any atom is -0.503 e. The summed E-state index contributed by atoms with van der Waals surface area (Å²) >= 11 is 0. The van der Waals surface area contributed by atoms with Gasteiger partial charge < -0.3 is 19.7 Å². The van der Waals surface area contributed by atoms with Gasteiger partial charge in [-0.1, -0.05) is 13.8 Å². The highest BCUT2D eigenvalue weighted by atomic mass is 16.4. The van der Waals surface area contributed by atoms with Crippen molar-refractivity contribution in [3.63, 3.8) is 0 Å². The summed E-state index contributed by atoms with van der Waals surface area (Å²) in [4.78, 5) is 27.8. The van der Waals surface area contributed by atoms with Gasteiger partial charge in [-0.05, 0) is 13.0 Å². The fourth-order valence-corrected chi connectivity index (χ4v) is 2.98. The smallest absolute Gasteiger partial charge is 0.326 e. The van der Waals surface area contributed by atoms with Gasteiger partial charge in [-0.3, -0.25) is 9.69 Å². The fraction of sp³-hybridized carbons (Fsp3) is 0.625. The minimum atomic E-state index is -0.965. The Kier molecular flexibility index (Phi) is 5.79. The van der Waals surface area contributed by atoms with Crippen LogP contribution in [0.3, 0.4) is 0 Å². The molecule has 1 aromatic rings. The lowest BCUT2D eigenvalue weighted by Crippen LogP contribution is -2.46. The summed E-state index contributed by atoms with van der Waals surface area (Å²) < 4.78 is 1.52. The van der Waals surface area contributed by atoms with E-state index in [2.05, 4.69) is 16.7 Å². The van der Waals surface area contributed by atoms with Gasteiger partial charge in [-0.2, -0.15) is 0 Å². The average molecular weight is 323 g/mol. The number of aromatic nitrogens is 1. The molecule has 1 aliphatic heterocycles. The fourth-order valence-electron chi connectivity index (χ4n) is 2.98. The second-order valence-corrected chi connectivity index (χ2v) is 5.89. The summed E-state index contributed by atoms with van der Waals surface area (Å²) in [6, 6.07) is 0.570. The van der Waals surface area contributed by atoms with E-state index in [1.807, 2.05) is 0 Å². The first kappa shape index (κ1) is 17.5. The van der Waals surface area contributed by atoms with Crippen LogP contribution in [-0.4, -0.2) is 63.3 Å². The molecule has 2 N–H and O–H groups in total. The van der Waals surface area contributed by atoms with Gasteiger partial charge in [0, 0.05) is 44.5 Å². The van der Waals surface area contributed by atoms with Crippen LogP contribution < -0.4 is 5.43 Å². The molecule has 1 aliphatic rings. The summed E-state index contributed by atoms with van der Waals surface area (Å²) in [5.74, 6) is -1.38. The SMILES string of the molecule is CCC(C(=O)O)n1cc(O)c(=O)cc1CN1CCN(CC)CC1. The number of carboxylic acid groups (broad SMARTS) is 1. The molecule has 0 spiro atoms. The molecule has 1 atom stereocenters. The van der Waals surface area contributed by atoms with E-state index in [0.717, 1.165) is 32.7 Å². The highest BCUT2D eigenvalue weighted by Gasteiger charge is 2.23. The third-order valence-electron chi connectivity index (χ3n) is 4.45. The highest BCUT2D eigenvalue weighted by Crippen LogP contribution is 2.19. The van der Waals surface area contributed by atoms with E-state index in [1.54, 1.807) is 6.92 Å². The number of aromatic hydroxyl groups is 1. The van der Waals surface area contributed by atoms with E-state index in [-0.39, 0.29) is 0 Å². The Hall–Kier alpha value is -1.86. The van der Waals surface area contributed by atoms with Crippen molar-refractivity contribution in [2.75, 3.05) is 32.7 Å². The summed E-state index contributed by atoms with van der Waals surface area (Å²) in [5.41, 5.74) is 0.163. The van der Waals surface area contributed by atoms with E-state index in [4.69, 9.17) is 0 Å². The van der Waals surface area contributed by atoms with Gasteiger partial charge in [-0.25, -0.2) is 4.79 Å². The van der Waals surface area contributed by atoms with Crippen LogP contribution in [0.25, 0.3) is 0 Å². The monoisotopic (exact) mass is 323 g/mol. The van der Waals surface area contributed by atoms with Crippen molar-refractivity contribution >= 4 is 5.97 Å². The van der Waals surface area contributed by atoms with Crippen molar-refractivity contribution in [3.05, 3.63) is 28.2 Å². The number of rotatable bonds is 6. The van der Waals surface area contributed by atoms with Gasteiger partial charge in [0.2, 0.25) is 5.43 Å². The minimum absolute atomic E-state index is 0.383. The van der Waals surface area contributed by atoms with E-state index < -0.39 is 23.2 Å². The molecule has 0 amide bonds. The quantitative estimate of drug-likeness (QED) is 0.802. The first-order valence-electron chi connectivity index (χ1n) is 8.07. The molecule has 1 unspecified atom stereocenters. The van der Waals surface area contributed by atoms with Crippen molar-refractivity contribution in [2.24, 2.45) is 0 Å². The second kappa shape index (κ2) is 7.61. The lowest BCUT2D eigenvalue weighted by Gasteiger charge is -2.34.